The number of nitrogens with zero attached hydrogens (tertiary/aromatic N) is 3. The zero-order chi connectivity index (χ0) is 16.8. The maximum absolute atomic E-state index is 10.0. The molecule has 0 radical (unpaired) electrons. The molecule has 0 amide bonds. The maximum Gasteiger partial charge on any atom is 0.137 e. The van der Waals surface area contributed by atoms with Gasteiger partial charge in [-0.1, -0.05) is 19.1 Å². The number of fused-ring (bicyclic) bond motifs is 1. The van der Waals surface area contributed by atoms with Gasteiger partial charge in [-0.3, -0.25) is 4.99 Å². The van der Waals surface area contributed by atoms with E-state index in [1.165, 1.54) is 5.56 Å². The van der Waals surface area contributed by atoms with E-state index in [2.05, 4.69) is 34.3 Å². The molecule has 6 heteroatoms. The topological polar surface area (TPSA) is 71.7 Å². The highest BCUT2D eigenvalue weighted by atomic mass is 16.5. The molecule has 1 aromatic carbocycles. The lowest BCUT2D eigenvalue weighted by molar-refractivity contribution is 0.184. The van der Waals surface area contributed by atoms with E-state index in [0.29, 0.717) is 12.2 Å². The van der Waals surface area contributed by atoms with Gasteiger partial charge in [0.25, 0.3) is 0 Å². The highest BCUT2D eigenvalue weighted by Crippen LogP contribution is 2.24. The molecule has 2 N–H and O–H groups in total. The summed E-state index contributed by atoms with van der Waals surface area (Å²) >= 11 is 0. The van der Waals surface area contributed by atoms with Crippen LogP contribution in [0.3, 0.4) is 0 Å². The van der Waals surface area contributed by atoms with Crippen molar-refractivity contribution < 1.29 is 9.84 Å². The molecule has 3 rings (SSSR count). The average Bonchev–Trinajstić information content (AvgIpc) is 2.91. The summed E-state index contributed by atoms with van der Waals surface area (Å²) in [4.78, 5) is 8.40. The molecule has 1 aliphatic rings. The summed E-state index contributed by atoms with van der Waals surface area (Å²) in [5.41, 5.74) is 1.96. The van der Waals surface area contributed by atoms with Crippen LogP contribution in [0.15, 0.2) is 35.6 Å². The zero-order valence-electron chi connectivity index (χ0n) is 14.0. The first-order chi connectivity index (χ1) is 11.8. The number of rotatable bonds is 7. The van der Waals surface area contributed by atoms with Crippen molar-refractivity contribution in [3.8, 4) is 5.75 Å². The normalized spacial score (nSPS) is 16.3. The van der Waals surface area contributed by atoms with Gasteiger partial charge in [-0.05, 0) is 37.0 Å². The van der Waals surface area contributed by atoms with E-state index in [9.17, 15) is 5.11 Å². The molecular weight excluding hydrogens is 304 g/mol. The molecular formula is C18H24N4O2. The van der Waals surface area contributed by atoms with Gasteiger partial charge in [0.1, 0.15) is 23.4 Å². The van der Waals surface area contributed by atoms with Crippen LogP contribution >= 0.6 is 0 Å². The lowest BCUT2D eigenvalue weighted by Gasteiger charge is -2.10. The van der Waals surface area contributed by atoms with E-state index in [4.69, 9.17) is 4.74 Å². The minimum absolute atomic E-state index is 0.351. The summed E-state index contributed by atoms with van der Waals surface area (Å²) in [6.45, 7) is 4.05. The molecule has 0 spiro atoms. The highest BCUT2D eigenvalue weighted by Gasteiger charge is 2.19. The Hall–Kier alpha value is -2.34. The zero-order valence-corrected chi connectivity index (χ0v) is 14.0. The summed E-state index contributed by atoms with van der Waals surface area (Å²) in [6, 6.07) is 8.30. The van der Waals surface area contributed by atoms with Crippen LogP contribution in [0, 0.1) is 0 Å². The van der Waals surface area contributed by atoms with Crippen LogP contribution in [-0.4, -0.2) is 34.1 Å². The molecule has 24 heavy (non-hydrogen) atoms. The van der Waals surface area contributed by atoms with Crippen LogP contribution in [0.25, 0.3) is 0 Å². The van der Waals surface area contributed by atoms with Gasteiger partial charge in [0.2, 0.25) is 0 Å². The van der Waals surface area contributed by atoms with Crippen molar-refractivity contribution >= 4 is 12.2 Å². The van der Waals surface area contributed by atoms with Crippen molar-refractivity contribution in [3.63, 3.8) is 0 Å². The summed E-state index contributed by atoms with van der Waals surface area (Å²) in [5.74, 6) is 1.77. The van der Waals surface area contributed by atoms with E-state index < -0.39 is 6.10 Å². The van der Waals surface area contributed by atoms with Crippen LogP contribution in [0.4, 0.5) is 5.82 Å². The predicted molar refractivity (Wildman–Crippen MR) is 94.7 cm³/mol. The largest absolute Gasteiger partial charge is 0.494 e. The Morgan fingerprint density at radius 2 is 2.17 bits per heavy atom. The molecule has 1 atom stereocenters. The van der Waals surface area contributed by atoms with E-state index in [1.54, 1.807) is 12.7 Å². The molecule has 0 saturated heterocycles. The number of imidazole rings is 1. The van der Waals surface area contributed by atoms with Gasteiger partial charge in [-0.2, -0.15) is 0 Å². The smallest absolute Gasteiger partial charge is 0.137 e. The molecule has 2 heterocycles. The summed E-state index contributed by atoms with van der Waals surface area (Å²) in [6.07, 6.45) is 5.77. The number of aromatic nitrogens is 2. The minimum atomic E-state index is -0.636. The first kappa shape index (κ1) is 16.5. The molecule has 6 nitrogen and oxygen atoms in total. The fourth-order valence-corrected chi connectivity index (χ4v) is 2.74. The third-order valence-corrected chi connectivity index (χ3v) is 4.01. The van der Waals surface area contributed by atoms with Crippen molar-refractivity contribution in [1.29, 1.82) is 0 Å². The molecule has 0 saturated carbocycles. The number of nitrogens with one attached hydrogen (secondary N) is 1. The monoisotopic (exact) mass is 328 g/mol. The van der Waals surface area contributed by atoms with Crippen molar-refractivity contribution in [3.05, 3.63) is 41.9 Å². The van der Waals surface area contributed by atoms with Crippen LogP contribution in [0.5, 0.6) is 5.75 Å². The summed E-state index contributed by atoms with van der Waals surface area (Å²) < 4.78 is 7.64. The number of anilines is 1. The number of aryl methyl sites for hydroxylation is 2. The van der Waals surface area contributed by atoms with Gasteiger partial charge in [0, 0.05) is 6.54 Å². The van der Waals surface area contributed by atoms with Gasteiger partial charge >= 0.3 is 0 Å². The standard InChI is InChI=1S/C18H24N4O2/c1-2-10-24-15-7-5-14(6-8-15)4-3-9-22-13-21-17-16(23)11-19-12-20-18(17)22/h5-8,12-13,16,23H,2-4,9-11H2,1H3,(H,19,20). The lowest BCUT2D eigenvalue weighted by Crippen LogP contribution is -2.07. The molecule has 128 valence electrons. The van der Waals surface area contributed by atoms with Crippen LogP contribution in [-0.2, 0) is 13.0 Å². The van der Waals surface area contributed by atoms with Crippen LogP contribution in [0.2, 0.25) is 0 Å². The fourth-order valence-electron chi connectivity index (χ4n) is 2.74. The third kappa shape index (κ3) is 3.94. The number of hydrogen-bond donors (Lipinski definition) is 2. The number of ether oxygens (including phenoxy) is 1. The number of aliphatic imine (C=N–C) groups is 1. The Kier molecular flexibility index (Phi) is 5.48. The molecule has 1 aliphatic heterocycles. The fraction of sp³-hybridized carbons (Fsp3) is 0.444. The van der Waals surface area contributed by atoms with Gasteiger partial charge in [0.05, 0.1) is 25.8 Å². The Bertz CT molecular complexity index is 679. The second-order valence-corrected chi connectivity index (χ2v) is 5.92. The molecule has 0 bridgehead atoms. The Balaban J connectivity index is 1.54. The highest BCUT2D eigenvalue weighted by molar-refractivity contribution is 5.76. The molecule has 1 aromatic heterocycles. The van der Waals surface area contributed by atoms with Crippen molar-refractivity contribution in [2.75, 3.05) is 18.5 Å². The van der Waals surface area contributed by atoms with Gasteiger partial charge in [-0.25, -0.2) is 4.98 Å². The Labute approximate surface area is 142 Å². The Morgan fingerprint density at radius 1 is 1.33 bits per heavy atom. The predicted octanol–water partition coefficient (Wildman–Crippen LogP) is 2.79. The first-order valence-electron chi connectivity index (χ1n) is 8.47. The molecule has 1 unspecified atom stereocenters. The van der Waals surface area contributed by atoms with Gasteiger partial charge in [0.15, 0.2) is 0 Å². The van der Waals surface area contributed by atoms with Gasteiger partial charge in [-0.15, -0.1) is 0 Å². The summed E-state index contributed by atoms with van der Waals surface area (Å²) in [7, 11) is 0. The average molecular weight is 328 g/mol. The first-order valence-corrected chi connectivity index (χ1v) is 8.47. The lowest BCUT2D eigenvalue weighted by atomic mass is 10.1. The number of aliphatic hydroxyl groups excluding tert-OH is 1. The molecule has 2 aromatic rings. The Morgan fingerprint density at radius 3 is 2.96 bits per heavy atom. The molecule has 0 aliphatic carbocycles. The number of hydrogen-bond acceptors (Lipinski definition) is 5. The van der Waals surface area contributed by atoms with Crippen molar-refractivity contribution in [1.82, 2.24) is 9.55 Å². The quantitative estimate of drug-likeness (QED) is 0.820. The second-order valence-electron chi connectivity index (χ2n) is 5.92. The van der Waals surface area contributed by atoms with Crippen LogP contribution < -0.4 is 10.1 Å². The van der Waals surface area contributed by atoms with E-state index >= 15 is 0 Å². The maximum atomic E-state index is 10.0. The summed E-state index contributed by atoms with van der Waals surface area (Å²) in [5, 5.41) is 13.1. The van der Waals surface area contributed by atoms with Crippen molar-refractivity contribution in [2.24, 2.45) is 4.99 Å². The minimum Gasteiger partial charge on any atom is -0.494 e. The van der Waals surface area contributed by atoms with Crippen molar-refractivity contribution in [2.45, 2.75) is 38.8 Å². The number of aliphatic hydroxyl groups is 1. The number of benzene rings is 1. The SMILES string of the molecule is CCCOc1ccc(CCCn2cnc3c2NC=NCC3O)cc1. The van der Waals surface area contributed by atoms with E-state index in [1.807, 2.05) is 16.7 Å². The van der Waals surface area contributed by atoms with Gasteiger partial charge < -0.3 is 19.7 Å². The van der Waals surface area contributed by atoms with Crippen LogP contribution in [0.1, 0.15) is 37.1 Å². The van der Waals surface area contributed by atoms with E-state index in [-0.39, 0.29) is 0 Å². The third-order valence-electron chi connectivity index (χ3n) is 4.01. The second kappa shape index (κ2) is 7.97. The van der Waals surface area contributed by atoms with E-state index in [0.717, 1.165) is 44.0 Å². The molecule has 0 fully saturated rings.